The van der Waals surface area contributed by atoms with Crippen molar-refractivity contribution in [3.05, 3.63) is 35.6 Å². The van der Waals surface area contributed by atoms with Crippen molar-refractivity contribution >= 4 is 28.3 Å². The molecule has 1 aromatic carbocycles. The normalized spacial score (nSPS) is 20.6. The van der Waals surface area contributed by atoms with Crippen LogP contribution in [-0.4, -0.2) is 66.8 Å². The van der Waals surface area contributed by atoms with Gasteiger partial charge in [-0.3, -0.25) is 4.90 Å². The van der Waals surface area contributed by atoms with E-state index in [1.165, 1.54) is 6.07 Å². The Balaban J connectivity index is 1.64. The molecule has 3 heterocycles. The summed E-state index contributed by atoms with van der Waals surface area (Å²) >= 11 is 6.10. The maximum atomic E-state index is 14.6. The van der Waals surface area contributed by atoms with Crippen molar-refractivity contribution in [3.8, 4) is 6.01 Å². The van der Waals surface area contributed by atoms with E-state index in [9.17, 15) is 4.39 Å². The fourth-order valence-corrected chi connectivity index (χ4v) is 4.17. The topological polar surface area (TPSA) is 53.5 Å². The molecule has 150 valence electrons. The van der Waals surface area contributed by atoms with Gasteiger partial charge in [0.1, 0.15) is 17.9 Å². The third-order valence-electron chi connectivity index (χ3n) is 5.36. The molecular weight excluding hydrogens is 381 g/mol. The zero-order chi connectivity index (χ0) is 19.5. The molecule has 1 atom stereocenters. The largest absolute Gasteiger partial charge is 0.462 e. The summed E-state index contributed by atoms with van der Waals surface area (Å²) in [6.45, 7) is 9.46. The Kier molecular flexibility index (Phi) is 5.94. The number of nitrogens with one attached hydrogen (secondary N) is 1. The van der Waals surface area contributed by atoms with Crippen molar-refractivity contribution < 1.29 is 9.13 Å². The highest BCUT2D eigenvalue weighted by molar-refractivity contribution is 6.31. The van der Waals surface area contributed by atoms with Gasteiger partial charge in [-0.2, -0.15) is 9.97 Å². The van der Waals surface area contributed by atoms with E-state index in [2.05, 4.69) is 31.7 Å². The lowest BCUT2D eigenvalue weighted by atomic mass is 10.2. The molecule has 8 heteroatoms. The number of fused-ring (bicyclic) bond motifs is 1. The smallest absolute Gasteiger partial charge is 0.319 e. The predicted octanol–water partition coefficient (Wildman–Crippen LogP) is 2.86. The number of rotatable bonds is 6. The van der Waals surface area contributed by atoms with Crippen LogP contribution in [0, 0.1) is 5.82 Å². The summed E-state index contributed by atoms with van der Waals surface area (Å²) < 4.78 is 20.5. The van der Waals surface area contributed by atoms with E-state index in [-0.39, 0.29) is 11.5 Å². The second-order valence-corrected chi connectivity index (χ2v) is 7.68. The fraction of sp³-hybridized carbons (Fsp3) is 0.500. The monoisotopic (exact) mass is 405 g/mol. The molecule has 28 heavy (non-hydrogen) atoms. The minimum absolute atomic E-state index is 0.215. The number of likely N-dealkylation sites (tertiary alicyclic amines) is 1. The lowest BCUT2D eigenvalue weighted by Crippen LogP contribution is -2.44. The number of hydrogen-bond acceptors (Lipinski definition) is 6. The van der Waals surface area contributed by atoms with Gasteiger partial charge in [-0.25, -0.2) is 4.39 Å². The van der Waals surface area contributed by atoms with E-state index in [0.717, 1.165) is 52.1 Å². The summed E-state index contributed by atoms with van der Waals surface area (Å²) in [4.78, 5) is 13.5. The van der Waals surface area contributed by atoms with Gasteiger partial charge in [0, 0.05) is 49.2 Å². The second-order valence-electron chi connectivity index (χ2n) is 7.24. The summed E-state index contributed by atoms with van der Waals surface area (Å²) in [5.74, 6) is 0.220. The Bertz CT molecular complexity index is 858. The fourth-order valence-electron chi connectivity index (χ4n) is 3.96. The highest BCUT2D eigenvalue weighted by Crippen LogP contribution is 2.31. The summed E-state index contributed by atoms with van der Waals surface area (Å²) in [6.07, 6.45) is 4.11. The first-order valence-corrected chi connectivity index (χ1v) is 10.1. The molecule has 2 fully saturated rings. The third-order valence-corrected chi connectivity index (χ3v) is 5.58. The van der Waals surface area contributed by atoms with Crippen LogP contribution < -0.4 is 15.0 Å². The molecule has 2 aliphatic heterocycles. The third kappa shape index (κ3) is 4.06. The average Bonchev–Trinajstić information content (AvgIpc) is 3.14. The summed E-state index contributed by atoms with van der Waals surface area (Å²) in [5, 5.41) is 4.28. The van der Waals surface area contributed by atoms with Crippen molar-refractivity contribution in [3.63, 3.8) is 0 Å². The molecule has 0 unspecified atom stereocenters. The molecule has 0 radical (unpaired) electrons. The van der Waals surface area contributed by atoms with E-state index in [1.807, 2.05) is 6.08 Å². The SMILES string of the molecule is C=CCN1CCC[C@H]1COc1nc(N2CCNCC2)c2cc(Cl)cc(F)c2n1. The van der Waals surface area contributed by atoms with Crippen molar-refractivity contribution in [2.75, 3.05) is 50.8 Å². The van der Waals surface area contributed by atoms with E-state index in [4.69, 9.17) is 16.3 Å². The van der Waals surface area contributed by atoms with Crippen molar-refractivity contribution in [2.24, 2.45) is 0 Å². The number of nitrogens with zero attached hydrogens (tertiary/aromatic N) is 4. The standard InChI is InChI=1S/C20H25ClFN5O/c1-2-7-26-8-3-4-15(26)13-28-20-24-18-16(11-14(21)12-17(18)22)19(25-20)27-9-5-23-6-10-27/h2,11-12,15,23H,1,3-10,13H2/t15-/m0/s1. The Hall–Kier alpha value is -1.96. The van der Waals surface area contributed by atoms with Gasteiger partial charge in [-0.1, -0.05) is 17.7 Å². The van der Waals surface area contributed by atoms with Crippen LogP contribution in [-0.2, 0) is 0 Å². The zero-order valence-corrected chi connectivity index (χ0v) is 16.6. The van der Waals surface area contributed by atoms with Crippen LogP contribution in [0.3, 0.4) is 0 Å². The number of aromatic nitrogens is 2. The van der Waals surface area contributed by atoms with Gasteiger partial charge in [-0.05, 0) is 31.5 Å². The van der Waals surface area contributed by atoms with Crippen LogP contribution in [0.4, 0.5) is 10.2 Å². The quantitative estimate of drug-likeness (QED) is 0.746. The minimum atomic E-state index is -0.458. The first kappa shape index (κ1) is 19.4. The highest BCUT2D eigenvalue weighted by Gasteiger charge is 2.25. The second kappa shape index (κ2) is 8.59. The van der Waals surface area contributed by atoms with Gasteiger partial charge in [-0.15, -0.1) is 6.58 Å². The van der Waals surface area contributed by atoms with Crippen LogP contribution in [0.25, 0.3) is 10.9 Å². The minimum Gasteiger partial charge on any atom is -0.462 e. The van der Waals surface area contributed by atoms with Gasteiger partial charge >= 0.3 is 6.01 Å². The van der Waals surface area contributed by atoms with Crippen LogP contribution in [0.1, 0.15) is 12.8 Å². The summed E-state index contributed by atoms with van der Waals surface area (Å²) in [5.41, 5.74) is 0.248. The molecular formula is C20H25ClFN5O. The van der Waals surface area contributed by atoms with Crippen molar-refractivity contribution in [2.45, 2.75) is 18.9 Å². The number of hydrogen-bond donors (Lipinski definition) is 1. The van der Waals surface area contributed by atoms with E-state index in [1.54, 1.807) is 6.07 Å². The lowest BCUT2D eigenvalue weighted by molar-refractivity contribution is 0.176. The maximum Gasteiger partial charge on any atom is 0.319 e. The van der Waals surface area contributed by atoms with Crippen molar-refractivity contribution in [1.29, 1.82) is 0 Å². The van der Waals surface area contributed by atoms with E-state index in [0.29, 0.717) is 28.9 Å². The van der Waals surface area contributed by atoms with Gasteiger partial charge in [0.2, 0.25) is 0 Å². The number of halogens is 2. The summed E-state index contributed by atoms with van der Waals surface area (Å²) in [6, 6.07) is 3.53. The van der Waals surface area contributed by atoms with Crippen LogP contribution in [0.15, 0.2) is 24.8 Å². The molecule has 0 saturated carbocycles. The molecule has 0 spiro atoms. The van der Waals surface area contributed by atoms with E-state index < -0.39 is 5.82 Å². The zero-order valence-electron chi connectivity index (χ0n) is 15.8. The number of anilines is 1. The molecule has 2 aromatic rings. The molecule has 1 aromatic heterocycles. The molecule has 6 nitrogen and oxygen atoms in total. The number of ether oxygens (including phenoxy) is 1. The molecule has 2 saturated heterocycles. The van der Waals surface area contributed by atoms with E-state index >= 15 is 0 Å². The van der Waals surface area contributed by atoms with Gasteiger partial charge in [0.25, 0.3) is 0 Å². The Morgan fingerprint density at radius 3 is 2.89 bits per heavy atom. The Labute approximate surface area is 169 Å². The number of benzene rings is 1. The average molecular weight is 406 g/mol. The maximum absolute atomic E-state index is 14.6. The Morgan fingerprint density at radius 1 is 1.29 bits per heavy atom. The first-order chi connectivity index (χ1) is 13.7. The van der Waals surface area contributed by atoms with Crippen LogP contribution in [0.2, 0.25) is 5.02 Å². The van der Waals surface area contributed by atoms with Gasteiger partial charge in [0.05, 0.1) is 0 Å². The van der Waals surface area contributed by atoms with Crippen LogP contribution in [0.5, 0.6) is 6.01 Å². The molecule has 2 aliphatic rings. The van der Waals surface area contributed by atoms with Gasteiger partial charge < -0.3 is 15.0 Å². The van der Waals surface area contributed by atoms with Gasteiger partial charge in [0.15, 0.2) is 5.82 Å². The molecule has 0 aliphatic carbocycles. The predicted molar refractivity (Wildman–Crippen MR) is 110 cm³/mol. The number of piperazine rings is 1. The molecule has 4 rings (SSSR count). The molecule has 0 amide bonds. The molecule has 0 bridgehead atoms. The molecule has 1 N–H and O–H groups in total. The van der Waals surface area contributed by atoms with Crippen molar-refractivity contribution in [1.82, 2.24) is 20.2 Å². The summed E-state index contributed by atoms with van der Waals surface area (Å²) in [7, 11) is 0. The Morgan fingerprint density at radius 2 is 2.11 bits per heavy atom. The lowest BCUT2D eigenvalue weighted by Gasteiger charge is -2.29. The van der Waals surface area contributed by atoms with Crippen LogP contribution >= 0.6 is 11.6 Å². The first-order valence-electron chi connectivity index (χ1n) is 9.76. The highest BCUT2D eigenvalue weighted by atomic mass is 35.5.